The van der Waals surface area contributed by atoms with Crippen molar-refractivity contribution < 1.29 is 4.74 Å². The summed E-state index contributed by atoms with van der Waals surface area (Å²) >= 11 is 0. The third-order valence-electron chi connectivity index (χ3n) is 14.0. The van der Waals surface area contributed by atoms with Crippen LogP contribution < -0.4 is 4.74 Å². The van der Waals surface area contributed by atoms with Crippen LogP contribution >= 0.6 is 0 Å². The molecule has 13 rings (SSSR count). The molecule has 0 radical (unpaired) electrons. The van der Waals surface area contributed by atoms with Gasteiger partial charge < -0.3 is 4.74 Å². The van der Waals surface area contributed by atoms with E-state index in [1.54, 1.807) is 0 Å². The average Bonchev–Trinajstić information content (AvgIpc) is 3.53. The first-order chi connectivity index (χ1) is 32.0. The predicted octanol–water partition coefficient (Wildman–Crippen LogP) is 15.0. The van der Waals surface area contributed by atoms with Crippen LogP contribution in [0.4, 0.5) is 0 Å². The van der Waals surface area contributed by atoms with Crippen molar-refractivity contribution in [2.45, 2.75) is 24.7 Å². The number of nitrogens with zero attached hydrogens (tertiary/aromatic N) is 3. The van der Waals surface area contributed by atoms with E-state index < -0.39 is 5.41 Å². The molecule has 1 unspecified atom stereocenters. The molecule has 1 atom stereocenters. The van der Waals surface area contributed by atoms with E-state index in [0.29, 0.717) is 17.5 Å². The zero-order valence-electron chi connectivity index (χ0n) is 36.0. The highest BCUT2D eigenvalue weighted by Crippen LogP contribution is 2.63. The third-order valence-corrected chi connectivity index (χ3v) is 14.0. The third kappa shape index (κ3) is 5.53. The number of aromatic nitrogens is 3. The van der Waals surface area contributed by atoms with Crippen LogP contribution in [0.15, 0.2) is 212 Å². The van der Waals surface area contributed by atoms with E-state index in [4.69, 9.17) is 19.7 Å². The van der Waals surface area contributed by atoms with Gasteiger partial charge >= 0.3 is 0 Å². The molecule has 4 heteroatoms. The first-order valence-electron chi connectivity index (χ1n) is 22.3. The molecule has 4 nitrogen and oxygen atoms in total. The lowest BCUT2D eigenvalue weighted by Crippen LogP contribution is -2.35. The van der Waals surface area contributed by atoms with E-state index in [0.717, 1.165) is 61.6 Å². The smallest absolute Gasteiger partial charge is 0.164 e. The fourth-order valence-corrected chi connectivity index (χ4v) is 11.0. The van der Waals surface area contributed by atoms with Crippen molar-refractivity contribution in [3.8, 4) is 90.2 Å². The monoisotopic (exact) mass is 831 g/mol. The van der Waals surface area contributed by atoms with Crippen molar-refractivity contribution in [3.05, 3.63) is 246 Å². The molecule has 0 fully saturated rings. The van der Waals surface area contributed by atoms with Crippen molar-refractivity contribution >= 4 is 0 Å². The summed E-state index contributed by atoms with van der Waals surface area (Å²) < 4.78 is 7.12. The second kappa shape index (κ2) is 14.2. The number of hydrogen-bond donors (Lipinski definition) is 0. The molecule has 65 heavy (non-hydrogen) atoms. The van der Waals surface area contributed by atoms with Gasteiger partial charge in [-0.1, -0.05) is 202 Å². The van der Waals surface area contributed by atoms with Crippen molar-refractivity contribution in [2.75, 3.05) is 0 Å². The molecule has 0 saturated heterocycles. The van der Waals surface area contributed by atoms with E-state index in [1.165, 1.54) is 44.5 Å². The lowest BCUT2D eigenvalue weighted by molar-refractivity contribution is 0.433. The summed E-state index contributed by atoms with van der Waals surface area (Å²) in [5.41, 5.74) is 18.4. The summed E-state index contributed by atoms with van der Waals surface area (Å²) in [6.45, 7) is 4.67. The van der Waals surface area contributed by atoms with Gasteiger partial charge in [0.25, 0.3) is 0 Å². The van der Waals surface area contributed by atoms with Crippen LogP contribution in [-0.4, -0.2) is 15.0 Å². The van der Waals surface area contributed by atoms with Crippen molar-refractivity contribution in [2.24, 2.45) is 0 Å². The van der Waals surface area contributed by atoms with Crippen LogP contribution in [0.25, 0.3) is 78.7 Å². The minimum Gasteiger partial charge on any atom is -0.457 e. The van der Waals surface area contributed by atoms with Crippen LogP contribution in [0.5, 0.6) is 11.5 Å². The highest BCUT2D eigenvalue weighted by atomic mass is 16.5. The molecule has 2 aliphatic carbocycles. The van der Waals surface area contributed by atoms with Gasteiger partial charge in [0.05, 0.1) is 5.41 Å². The summed E-state index contributed by atoms with van der Waals surface area (Å²) in [7, 11) is 0. The molecule has 3 aliphatic rings. The first-order valence-corrected chi connectivity index (χ1v) is 22.3. The molecule has 0 amide bonds. The topological polar surface area (TPSA) is 47.9 Å². The lowest BCUT2D eigenvalue weighted by atomic mass is 9.61. The number of ether oxygens (including phenoxy) is 1. The maximum absolute atomic E-state index is 7.12. The zero-order chi connectivity index (χ0) is 43.3. The Hall–Kier alpha value is -8.21. The number of benzene rings is 9. The van der Waals surface area contributed by atoms with Crippen molar-refractivity contribution in [1.29, 1.82) is 0 Å². The molecule has 306 valence electrons. The summed E-state index contributed by atoms with van der Waals surface area (Å²) in [5.74, 6) is 3.56. The SMILES string of the molecule is CC1(C)c2ccccc2-c2cc3c(cc21)Oc1ccccc1C31c2ccccc2-c2ccccc2-c2ccc(-c3nc(-c4ccccc4)nc(-c4ccc(-c5ccccc5)cc4)n3)cc21. The van der Waals surface area contributed by atoms with Crippen LogP contribution in [0, 0.1) is 0 Å². The summed E-state index contributed by atoms with van der Waals surface area (Å²) in [6.07, 6.45) is 0. The second-order valence-electron chi connectivity index (χ2n) is 17.9. The van der Waals surface area contributed by atoms with E-state index in [2.05, 4.69) is 202 Å². The van der Waals surface area contributed by atoms with E-state index in [1.807, 2.05) is 24.3 Å². The Morgan fingerprint density at radius 1 is 0.292 bits per heavy atom. The van der Waals surface area contributed by atoms with Gasteiger partial charge in [0, 0.05) is 33.2 Å². The second-order valence-corrected chi connectivity index (χ2v) is 17.9. The van der Waals surface area contributed by atoms with E-state index in [9.17, 15) is 0 Å². The molecule has 1 spiro atoms. The summed E-state index contributed by atoms with van der Waals surface area (Å²) in [4.78, 5) is 15.7. The van der Waals surface area contributed by atoms with Gasteiger partial charge in [0.1, 0.15) is 11.5 Å². The average molecular weight is 832 g/mol. The van der Waals surface area contributed by atoms with E-state index in [-0.39, 0.29) is 5.41 Å². The van der Waals surface area contributed by atoms with Gasteiger partial charge in [-0.3, -0.25) is 0 Å². The Labute approximate surface area is 378 Å². The standard InChI is InChI=1S/C61H41N3O/c1-60(2)49-25-13-11-24-46(49)48-36-54-56(37-52(48)60)65-55-28-16-15-27-51(55)61(54)50-26-14-12-23-45(50)43-21-9-10-22-44(43)47-34-33-42(35-53(47)61)59-63-57(40-19-7-4-8-20-40)62-58(64-59)41-31-29-39(30-32-41)38-17-5-3-6-18-38/h3-37H,1-2H3. The molecule has 0 bridgehead atoms. The highest BCUT2D eigenvalue weighted by molar-refractivity contribution is 5.95. The fourth-order valence-electron chi connectivity index (χ4n) is 11.0. The van der Waals surface area contributed by atoms with Crippen molar-refractivity contribution in [1.82, 2.24) is 15.0 Å². The molecular formula is C61H41N3O. The number of fused-ring (bicyclic) bond motifs is 14. The van der Waals surface area contributed by atoms with Crippen LogP contribution in [0.3, 0.4) is 0 Å². The van der Waals surface area contributed by atoms with Gasteiger partial charge in [-0.05, 0) is 91.0 Å². The normalized spacial score (nSPS) is 15.5. The molecule has 10 aromatic rings. The molecule has 1 aromatic heterocycles. The highest BCUT2D eigenvalue weighted by Gasteiger charge is 2.51. The zero-order valence-corrected chi connectivity index (χ0v) is 36.0. The Balaban J connectivity index is 1.11. The maximum atomic E-state index is 7.12. The Morgan fingerprint density at radius 3 is 1.43 bits per heavy atom. The van der Waals surface area contributed by atoms with Crippen LogP contribution in [0.1, 0.15) is 47.2 Å². The molecule has 0 N–H and O–H groups in total. The van der Waals surface area contributed by atoms with Gasteiger partial charge in [0.2, 0.25) is 0 Å². The number of rotatable bonds is 4. The van der Waals surface area contributed by atoms with Gasteiger partial charge in [0.15, 0.2) is 17.5 Å². The molecule has 9 aromatic carbocycles. The van der Waals surface area contributed by atoms with Gasteiger partial charge in [-0.25, -0.2) is 15.0 Å². The minimum atomic E-state index is -0.812. The predicted molar refractivity (Wildman–Crippen MR) is 262 cm³/mol. The fraction of sp³-hybridized carbons (Fsp3) is 0.0656. The molecule has 0 saturated carbocycles. The van der Waals surface area contributed by atoms with Gasteiger partial charge in [-0.15, -0.1) is 0 Å². The Kier molecular flexibility index (Phi) is 8.13. The molecule has 1 aliphatic heterocycles. The summed E-state index contributed by atoms with van der Waals surface area (Å²) in [6, 6.07) is 76.2. The Morgan fingerprint density at radius 2 is 0.754 bits per heavy atom. The van der Waals surface area contributed by atoms with E-state index >= 15 is 0 Å². The molecular weight excluding hydrogens is 791 g/mol. The quantitative estimate of drug-likeness (QED) is 0.177. The lowest BCUT2D eigenvalue weighted by Gasteiger charge is -2.43. The van der Waals surface area contributed by atoms with Crippen molar-refractivity contribution in [3.63, 3.8) is 0 Å². The number of hydrogen-bond acceptors (Lipinski definition) is 4. The minimum absolute atomic E-state index is 0.203. The van der Waals surface area contributed by atoms with Gasteiger partial charge in [-0.2, -0.15) is 0 Å². The molecule has 2 heterocycles. The van der Waals surface area contributed by atoms with Crippen LogP contribution in [0.2, 0.25) is 0 Å². The number of para-hydroxylation sites is 1. The first kappa shape index (κ1) is 37.4. The Bertz CT molecular complexity index is 3540. The maximum Gasteiger partial charge on any atom is 0.164 e. The summed E-state index contributed by atoms with van der Waals surface area (Å²) in [5, 5.41) is 0. The van der Waals surface area contributed by atoms with Crippen LogP contribution in [-0.2, 0) is 10.8 Å². The largest absolute Gasteiger partial charge is 0.457 e.